The molecule has 114 valence electrons. The van der Waals surface area contributed by atoms with Crippen molar-refractivity contribution in [1.29, 1.82) is 0 Å². The van der Waals surface area contributed by atoms with Crippen molar-refractivity contribution in [2.24, 2.45) is 11.7 Å². The van der Waals surface area contributed by atoms with Gasteiger partial charge in [-0.05, 0) is 37.5 Å². The molecule has 0 saturated carbocycles. The molecule has 0 heterocycles. The Morgan fingerprint density at radius 3 is 1.90 bits per heavy atom. The van der Waals surface area contributed by atoms with Gasteiger partial charge in [0.25, 0.3) is 0 Å². The molecule has 2 N–H and O–H groups in total. The SMILES string of the molecule is CC(C)CN(C(C)C)C(CN)c1ccc(N(C)C)cc1. The van der Waals surface area contributed by atoms with Crippen molar-refractivity contribution in [3.8, 4) is 0 Å². The van der Waals surface area contributed by atoms with Crippen molar-refractivity contribution >= 4 is 5.69 Å². The Morgan fingerprint density at radius 2 is 1.55 bits per heavy atom. The quantitative estimate of drug-likeness (QED) is 0.831. The highest BCUT2D eigenvalue weighted by Gasteiger charge is 2.22. The van der Waals surface area contributed by atoms with Crippen LogP contribution in [0, 0.1) is 5.92 Å². The summed E-state index contributed by atoms with van der Waals surface area (Å²) in [7, 11) is 4.13. The topological polar surface area (TPSA) is 32.5 Å². The highest BCUT2D eigenvalue weighted by Crippen LogP contribution is 2.25. The first kappa shape index (κ1) is 17.0. The van der Waals surface area contributed by atoms with Gasteiger partial charge in [0.1, 0.15) is 0 Å². The number of anilines is 1. The standard InChI is InChI=1S/C17H31N3/c1-13(2)12-20(14(3)4)17(11-18)15-7-9-16(10-8-15)19(5)6/h7-10,13-14,17H,11-12,18H2,1-6H3. The van der Waals surface area contributed by atoms with Crippen molar-refractivity contribution in [1.82, 2.24) is 4.90 Å². The fourth-order valence-electron chi connectivity index (χ4n) is 2.58. The lowest BCUT2D eigenvalue weighted by Gasteiger charge is -2.36. The molecule has 1 aromatic rings. The van der Waals surface area contributed by atoms with Crippen LogP contribution in [0.3, 0.4) is 0 Å². The van der Waals surface area contributed by atoms with Gasteiger partial charge in [-0.1, -0.05) is 26.0 Å². The Kier molecular flexibility index (Phi) is 6.50. The Balaban J connectivity index is 2.97. The van der Waals surface area contributed by atoms with E-state index in [-0.39, 0.29) is 0 Å². The molecule has 0 aliphatic carbocycles. The lowest BCUT2D eigenvalue weighted by atomic mass is 10.0. The van der Waals surface area contributed by atoms with E-state index in [2.05, 4.69) is 75.9 Å². The zero-order valence-electron chi connectivity index (χ0n) is 13.9. The molecule has 20 heavy (non-hydrogen) atoms. The summed E-state index contributed by atoms with van der Waals surface area (Å²) in [6.07, 6.45) is 0. The van der Waals surface area contributed by atoms with Crippen molar-refractivity contribution in [2.45, 2.75) is 39.8 Å². The average molecular weight is 277 g/mol. The summed E-state index contributed by atoms with van der Waals surface area (Å²) in [4.78, 5) is 4.63. The van der Waals surface area contributed by atoms with E-state index >= 15 is 0 Å². The summed E-state index contributed by atoms with van der Waals surface area (Å²) < 4.78 is 0. The Morgan fingerprint density at radius 1 is 1.00 bits per heavy atom. The van der Waals surface area contributed by atoms with Gasteiger partial charge in [0, 0.05) is 45.0 Å². The third kappa shape index (κ3) is 4.50. The molecule has 1 aromatic carbocycles. The molecule has 0 aliphatic rings. The summed E-state index contributed by atoms with van der Waals surface area (Å²) in [6.45, 7) is 10.8. The Hall–Kier alpha value is -1.06. The summed E-state index contributed by atoms with van der Waals surface area (Å²) >= 11 is 0. The number of rotatable bonds is 7. The van der Waals surface area contributed by atoms with Crippen LogP contribution in [0.2, 0.25) is 0 Å². The van der Waals surface area contributed by atoms with Crippen molar-refractivity contribution < 1.29 is 0 Å². The average Bonchev–Trinajstić information content (AvgIpc) is 2.38. The van der Waals surface area contributed by atoms with Crippen LogP contribution in [0.15, 0.2) is 24.3 Å². The van der Waals surface area contributed by atoms with Gasteiger partial charge in [0.2, 0.25) is 0 Å². The third-order valence-corrected chi connectivity index (χ3v) is 3.66. The molecule has 0 spiro atoms. The molecular weight excluding hydrogens is 246 g/mol. The predicted molar refractivity (Wildman–Crippen MR) is 89.2 cm³/mol. The summed E-state index contributed by atoms with van der Waals surface area (Å²) in [5.74, 6) is 0.646. The fourth-order valence-corrected chi connectivity index (χ4v) is 2.58. The zero-order chi connectivity index (χ0) is 15.3. The van der Waals surface area contributed by atoms with Gasteiger partial charge in [-0.2, -0.15) is 0 Å². The number of hydrogen-bond donors (Lipinski definition) is 1. The smallest absolute Gasteiger partial charge is 0.0473 e. The Bertz CT molecular complexity index is 382. The summed E-state index contributed by atoms with van der Waals surface area (Å²) in [6, 6.07) is 9.57. The van der Waals surface area contributed by atoms with E-state index in [1.807, 2.05) is 0 Å². The second-order valence-electron chi connectivity index (χ2n) is 6.42. The third-order valence-electron chi connectivity index (χ3n) is 3.66. The summed E-state index contributed by atoms with van der Waals surface area (Å²) in [5, 5.41) is 0. The maximum atomic E-state index is 6.06. The van der Waals surface area contributed by atoms with Crippen LogP contribution in [0.5, 0.6) is 0 Å². The van der Waals surface area contributed by atoms with E-state index < -0.39 is 0 Å². The first-order chi connectivity index (χ1) is 9.36. The molecule has 0 saturated heterocycles. The van der Waals surface area contributed by atoms with Crippen LogP contribution in [0.1, 0.15) is 39.3 Å². The Labute approximate surface area is 124 Å². The molecule has 1 rings (SSSR count). The van der Waals surface area contributed by atoms with Crippen LogP contribution in [0.25, 0.3) is 0 Å². The van der Waals surface area contributed by atoms with E-state index in [1.54, 1.807) is 0 Å². The molecular formula is C17H31N3. The minimum absolute atomic E-state index is 0.300. The molecule has 0 aliphatic heterocycles. The van der Waals surface area contributed by atoms with Gasteiger partial charge in [0.15, 0.2) is 0 Å². The van der Waals surface area contributed by atoms with E-state index in [1.165, 1.54) is 11.3 Å². The second kappa shape index (κ2) is 7.65. The van der Waals surface area contributed by atoms with Crippen LogP contribution >= 0.6 is 0 Å². The van der Waals surface area contributed by atoms with Crippen LogP contribution in [-0.2, 0) is 0 Å². The maximum Gasteiger partial charge on any atom is 0.0473 e. The fraction of sp³-hybridized carbons (Fsp3) is 0.647. The first-order valence-electron chi connectivity index (χ1n) is 7.59. The number of nitrogens with zero attached hydrogens (tertiary/aromatic N) is 2. The van der Waals surface area contributed by atoms with Gasteiger partial charge < -0.3 is 10.6 Å². The minimum Gasteiger partial charge on any atom is -0.378 e. The van der Waals surface area contributed by atoms with Gasteiger partial charge in [0.05, 0.1) is 0 Å². The van der Waals surface area contributed by atoms with E-state index in [9.17, 15) is 0 Å². The molecule has 3 heteroatoms. The number of benzene rings is 1. The van der Waals surface area contributed by atoms with Crippen LogP contribution in [0.4, 0.5) is 5.69 Å². The molecule has 3 nitrogen and oxygen atoms in total. The van der Waals surface area contributed by atoms with E-state index in [0.29, 0.717) is 24.5 Å². The molecule has 0 fully saturated rings. The second-order valence-corrected chi connectivity index (χ2v) is 6.42. The van der Waals surface area contributed by atoms with Gasteiger partial charge in [-0.3, -0.25) is 4.90 Å². The molecule has 1 atom stereocenters. The highest BCUT2D eigenvalue weighted by atomic mass is 15.2. The number of hydrogen-bond acceptors (Lipinski definition) is 3. The van der Waals surface area contributed by atoms with Gasteiger partial charge in [-0.15, -0.1) is 0 Å². The first-order valence-corrected chi connectivity index (χ1v) is 7.59. The molecule has 0 aromatic heterocycles. The van der Waals surface area contributed by atoms with E-state index in [0.717, 1.165) is 6.54 Å². The van der Waals surface area contributed by atoms with Gasteiger partial charge >= 0.3 is 0 Å². The number of nitrogens with two attached hydrogens (primary N) is 1. The van der Waals surface area contributed by atoms with Crippen LogP contribution in [-0.4, -0.2) is 38.1 Å². The zero-order valence-corrected chi connectivity index (χ0v) is 13.9. The predicted octanol–water partition coefficient (Wildman–Crippen LogP) is 3.12. The monoisotopic (exact) mass is 277 g/mol. The highest BCUT2D eigenvalue weighted by molar-refractivity contribution is 5.46. The molecule has 0 radical (unpaired) electrons. The lowest BCUT2D eigenvalue weighted by molar-refractivity contribution is 0.138. The molecule has 0 bridgehead atoms. The molecule has 1 unspecified atom stereocenters. The molecule has 0 amide bonds. The normalized spacial score (nSPS) is 13.3. The lowest BCUT2D eigenvalue weighted by Crippen LogP contribution is -2.40. The van der Waals surface area contributed by atoms with Gasteiger partial charge in [-0.25, -0.2) is 0 Å². The maximum absolute atomic E-state index is 6.06. The minimum atomic E-state index is 0.300. The van der Waals surface area contributed by atoms with Crippen molar-refractivity contribution in [3.63, 3.8) is 0 Å². The largest absolute Gasteiger partial charge is 0.378 e. The van der Waals surface area contributed by atoms with Crippen molar-refractivity contribution in [2.75, 3.05) is 32.1 Å². The van der Waals surface area contributed by atoms with Crippen molar-refractivity contribution in [3.05, 3.63) is 29.8 Å². The van der Waals surface area contributed by atoms with E-state index in [4.69, 9.17) is 5.73 Å². The summed E-state index contributed by atoms with van der Waals surface area (Å²) in [5.41, 5.74) is 8.60. The van der Waals surface area contributed by atoms with Crippen LogP contribution < -0.4 is 10.6 Å².